The summed E-state index contributed by atoms with van der Waals surface area (Å²) in [6.45, 7) is 7.49. The van der Waals surface area contributed by atoms with E-state index >= 15 is 0 Å². The van der Waals surface area contributed by atoms with Crippen molar-refractivity contribution >= 4 is 5.91 Å². The van der Waals surface area contributed by atoms with Crippen molar-refractivity contribution in [3.63, 3.8) is 0 Å². The van der Waals surface area contributed by atoms with Gasteiger partial charge in [-0.25, -0.2) is 0 Å². The summed E-state index contributed by atoms with van der Waals surface area (Å²) in [4.78, 5) is 14.9. The molecule has 6 nitrogen and oxygen atoms in total. The standard InChI is InChI=1S/C22H27N3O3/c1-14-18(15(2)28-24-14)11-25-12-19-17(20-8-9-22(19,13-25)27-20)10-23-21(26)16-6-4-3-5-7-16/h3-7,17,19-20H,8-13H2,1-2H3,(H,23,26)/t17-,19+,20+,22+/m0/s1. The van der Waals surface area contributed by atoms with E-state index in [9.17, 15) is 4.79 Å². The lowest BCUT2D eigenvalue weighted by atomic mass is 9.73. The van der Waals surface area contributed by atoms with E-state index in [2.05, 4.69) is 15.4 Å². The van der Waals surface area contributed by atoms with Gasteiger partial charge in [0, 0.05) is 49.1 Å². The lowest BCUT2D eigenvalue weighted by Gasteiger charge is -2.29. The highest BCUT2D eigenvalue weighted by Crippen LogP contribution is 2.54. The molecule has 1 amide bonds. The maximum Gasteiger partial charge on any atom is 0.251 e. The number of likely N-dealkylation sites (tertiary alicyclic amines) is 1. The van der Waals surface area contributed by atoms with Gasteiger partial charge in [-0.2, -0.15) is 0 Å². The first-order chi connectivity index (χ1) is 13.6. The van der Waals surface area contributed by atoms with Gasteiger partial charge in [0.15, 0.2) is 0 Å². The van der Waals surface area contributed by atoms with Gasteiger partial charge >= 0.3 is 0 Å². The van der Waals surface area contributed by atoms with Gasteiger partial charge in [-0.1, -0.05) is 23.4 Å². The summed E-state index contributed by atoms with van der Waals surface area (Å²) < 4.78 is 11.8. The molecule has 3 aliphatic heterocycles. The molecule has 1 spiro atoms. The van der Waals surface area contributed by atoms with Crippen LogP contribution in [0, 0.1) is 25.7 Å². The van der Waals surface area contributed by atoms with Crippen molar-refractivity contribution in [2.24, 2.45) is 11.8 Å². The van der Waals surface area contributed by atoms with Gasteiger partial charge in [-0.15, -0.1) is 0 Å². The highest BCUT2D eigenvalue weighted by Gasteiger charge is 2.62. The average molecular weight is 381 g/mol. The molecule has 6 heteroatoms. The van der Waals surface area contributed by atoms with Crippen molar-refractivity contribution in [2.45, 2.75) is 44.9 Å². The van der Waals surface area contributed by atoms with E-state index in [4.69, 9.17) is 9.26 Å². The first-order valence-corrected chi connectivity index (χ1v) is 10.2. The summed E-state index contributed by atoms with van der Waals surface area (Å²) in [5, 5.41) is 7.24. The highest BCUT2D eigenvalue weighted by molar-refractivity contribution is 5.94. The maximum absolute atomic E-state index is 12.5. The third kappa shape index (κ3) is 2.86. The minimum Gasteiger partial charge on any atom is -0.370 e. The van der Waals surface area contributed by atoms with Crippen LogP contribution in [0.25, 0.3) is 0 Å². The second-order valence-corrected chi connectivity index (χ2v) is 8.58. The summed E-state index contributed by atoms with van der Waals surface area (Å²) in [5.74, 6) is 1.77. The number of carbonyl (C=O) groups is 1. The monoisotopic (exact) mass is 381 g/mol. The molecular formula is C22H27N3O3. The van der Waals surface area contributed by atoms with Gasteiger partial charge in [0.2, 0.25) is 0 Å². The fourth-order valence-electron chi connectivity index (χ4n) is 5.53. The van der Waals surface area contributed by atoms with Crippen molar-refractivity contribution < 1.29 is 14.1 Å². The minimum absolute atomic E-state index is 0.00278. The quantitative estimate of drug-likeness (QED) is 0.863. The van der Waals surface area contributed by atoms with Gasteiger partial charge in [0.1, 0.15) is 5.76 Å². The number of ether oxygens (including phenoxy) is 1. The van der Waals surface area contributed by atoms with Crippen LogP contribution < -0.4 is 5.32 Å². The Balaban J connectivity index is 1.26. The fraction of sp³-hybridized carbons (Fsp3) is 0.545. The summed E-state index contributed by atoms with van der Waals surface area (Å²) in [7, 11) is 0. The number of fused-ring (bicyclic) bond motifs is 1. The summed E-state index contributed by atoms with van der Waals surface area (Å²) in [6.07, 6.45) is 2.51. The molecule has 0 radical (unpaired) electrons. The van der Waals surface area contributed by atoms with E-state index < -0.39 is 0 Å². The van der Waals surface area contributed by atoms with Crippen molar-refractivity contribution in [1.82, 2.24) is 15.4 Å². The number of hydrogen-bond donors (Lipinski definition) is 1. The predicted molar refractivity (Wildman–Crippen MR) is 104 cm³/mol. The largest absolute Gasteiger partial charge is 0.370 e. The molecule has 148 valence electrons. The number of amides is 1. The zero-order valence-corrected chi connectivity index (χ0v) is 16.5. The zero-order valence-electron chi connectivity index (χ0n) is 16.5. The van der Waals surface area contributed by atoms with Crippen molar-refractivity contribution in [2.75, 3.05) is 19.6 Å². The van der Waals surface area contributed by atoms with Crippen LogP contribution in [0.4, 0.5) is 0 Å². The van der Waals surface area contributed by atoms with E-state index in [1.54, 1.807) is 0 Å². The van der Waals surface area contributed by atoms with E-state index in [-0.39, 0.29) is 17.6 Å². The number of carbonyl (C=O) groups excluding carboxylic acids is 1. The molecule has 1 aromatic carbocycles. The zero-order chi connectivity index (χ0) is 19.3. The number of hydrogen-bond acceptors (Lipinski definition) is 5. The molecule has 0 aliphatic carbocycles. The summed E-state index contributed by atoms with van der Waals surface area (Å²) >= 11 is 0. The van der Waals surface area contributed by atoms with E-state index in [1.807, 2.05) is 44.2 Å². The molecule has 0 saturated carbocycles. The Morgan fingerprint density at radius 2 is 2.14 bits per heavy atom. The lowest BCUT2D eigenvalue weighted by molar-refractivity contribution is 0.00207. The van der Waals surface area contributed by atoms with Crippen LogP contribution in [0.3, 0.4) is 0 Å². The number of aromatic nitrogens is 1. The maximum atomic E-state index is 12.5. The van der Waals surface area contributed by atoms with Crippen LogP contribution in [0.1, 0.15) is 40.2 Å². The molecule has 28 heavy (non-hydrogen) atoms. The molecule has 3 fully saturated rings. The van der Waals surface area contributed by atoms with Gasteiger partial charge in [0.25, 0.3) is 5.91 Å². The van der Waals surface area contributed by atoms with Crippen molar-refractivity contribution in [1.29, 1.82) is 0 Å². The first kappa shape index (κ1) is 17.9. The number of aryl methyl sites for hydroxylation is 2. The predicted octanol–water partition coefficient (Wildman–Crippen LogP) is 2.70. The minimum atomic E-state index is -0.0359. The van der Waals surface area contributed by atoms with E-state index in [0.29, 0.717) is 23.9 Å². The average Bonchev–Trinajstić information content (AvgIpc) is 3.43. The number of nitrogens with one attached hydrogen (secondary N) is 1. The van der Waals surface area contributed by atoms with Crippen molar-refractivity contribution in [3.05, 3.63) is 52.9 Å². The van der Waals surface area contributed by atoms with Gasteiger partial charge in [-0.05, 0) is 38.8 Å². The van der Waals surface area contributed by atoms with E-state index in [0.717, 1.165) is 43.9 Å². The third-order valence-electron chi connectivity index (χ3n) is 6.95. The van der Waals surface area contributed by atoms with E-state index in [1.165, 1.54) is 5.56 Å². The number of rotatable bonds is 5. The normalized spacial score (nSPS) is 31.3. The van der Waals surface area contributed by atoms with Crippen LogP contribution in [0.15, 0.2) is 34.9 Å². The second-order valence-electron chi connectivity index (χ2n) is 8.58. The van der Waals surface area contributed by atoms with Gasteiger partial charge < -0.3 is 14.6 Å². The Kier molecular flexibility index (Phi) is 4.29. The highest BCUT2D eigenvalue weighted by atomic mass is 16.5. The molecule has 2 bridgehead atoms. The van der Waals surface area contributed by atoms with Crippen LogP contribution in [-0.2, 0) is 11.3 Å². The molecule has 0 unspecified atom stereocenters. The van der Waals surface area contributed by atoms with Crippen LogP contribution >= 0.6 is 0 Å². The molecule has 1 aromatic heterocycles. The molecule has 5 rings (SSSR count). The Morgan fingerprint density at radius 3 is 2.89 bits per heavy atom. The summed E-state index contributed by atoms with van der Waals surface area (Å²) in [5.41, 5.74) is 2.85. The first-order valence-electron chi connectivity index (χ1n) is 10.2. The molecule has 1 N–H and O–H groups in total. The van der Waals surface area contributed by atoms with Crippen molar-refractivity contribution in [3.8, 4) is 0 Å². The Bertz CT molecular complexity index is 861. The van der Waals surface area contributed by atoms with Gasteiger partial charge in [-0.3, -0.25) is 9.69 Å². The lowest BCUT2D eigenvalue weighted by Crippen LogP contribution is -2.41. The van der Waals surface area contributed by atoms with Crippen LogP contribution in [0.2, 0.25) is 0 Å². The Morgan fingerprint density at radius 1 is 1.32 bits per heavy atom. The number of benzene rings is 1. The van der Waals surface area contributed by atoms with Crippen LogP contribution in [-0.4, -0.2) is 47.3 Å². The molecule has 4 atom stereocenters. The number of nitrogens with zero attached hydrogens (tertiary/aromatic N) is 2. The third-order valence-corrected chi connectivity index (χ3v) is 6.95. The SMILES string of the molecule is Cc1noc(C)c1CN1C[C@@H]2[C@H](CNC(=O)c3ccccc3)[C@H]3CC[C@]2(C1)O3. The Labute approximate surface area is 165 Å². The topological polar surface area (TPSA) is 67.6 Å². The van der Waals surface area contributed by atoms with Crippen LogP contribution in [0.5, 0.6) is 0 Å². The van der Waals surface area contributed by atoms with Gasteiger partial charge in [0.05, 0.1) is 17.4 Å². The fourth-order valence-corrected chi connectivity index (χ4v) is 5.53. The second kappa shape index (κ2) is 6.71. The Hall–Kier alpha value is -2.18. The molecule has 4 heterocycles. The smallest absolute Gasteiger partial charge is 0.251 e. The summed E-state index contributed by atoms with van der Waals surface area (Å²) in [6, 6.07) is 9.43. The molecule has 3 saturated heterocycles. The molecule has 2 aromatic rings. The molecular weight excluding hydrogens is 354 g/mol. The molecule has 3 aliphatic rings.